The Kier molecular flexibility index (Phi) is 4.90. The van der Waals surface area contributed by atoms with E-state index in [4.69, 9.17) is 5.73 Å². The van der Waals surface area contributed by atoms with Crippen LogP contribution in [-0.2, 0) is 13.6 Å². The van der Waals surface area contributed by atoms with Gasteiger partial charge in [-0.05, 0) is 18.5 Å². The highest BCUT2D eigenvalue weighted by Gasteiger charge is 2.13. The van der Waals surface area contributed by atoms with E-state index in [-0.39, 0.29) is 5.56 Å². The van der Waals surface area contributed by atoms with Crippen LogP contribution in [0.1, 0.15) is 12.0 Å². The molecule has 0 spiro atoms. The van der Waals surface area contributed by atoms with Gasteiger partial charge in [0.15, 0.2) is 5.82 Å². The molecular formula is C15H20N4O. The van der Waals surface area contributed by atoms with Crippen molar-refractivity contribution < 1.29 is 0 Å². The van der Waals surface area contributed by atoms with E-state index in [0.717, 1.165) is 18.5 Å². The van der Waals surface area contributed by atoms with Gasteiger partial charge in [-0.3, -0.25) is 4.79 Å². The summed E-state index contributed by atoms with van der Waals surface area (Å²) in [6.07, 6.45) is 4.14. The minimum atomic E-state index is -0.0829. The van der Waals surface area contributed by atoms with Crippen molar-refractivity contribution >= 4 is 5.82 Å². The molecule has 2 rings (SSSR count). The number of hydrogen-bond donors (Lipinski definition) is 1. The molecule has 2 aromatic rings. The summed E-state index contributed by atoms with van der Waals surface area (Å²) in [4.78, 5) is 18.4. The van der Waals surface area contributed by atoms with Crippen molar-refractivity contribution in [2.45, 2.75) is 13.0 Å². The van der Waals surface area contributed by atoms with Crippen LogP contribution in [0.25, 0.3) is 0 Å². The number of hydrogen-bond acceptors (Lipinski definition) is 4. The summed E-state index contributed by atoms with van der Waals surface area (Å²) in [6, 6.07) is 10.1. The molecule has 0 radical (unpaired) electrons. The summed E-state index contributed by atoms with van der Waals surface area (Å²) >= 11 is 0. The molecule has 0 bridgehead atoms. The number of aromatic nitrogens is 2. The van der Waals surface area contributed by atoms with E-state index < -0.39 is 0 Å². The molecule has 20 heavy (non-hydrogen) atoms. The van der Waals surface area contributed by atoms with E-state index >= 15 is 0 Å². The zero-order chi connectivity index (χ0) is 14.4. The van der Waals surface area contributed by atoms with Crippen molar-refractivity contribution in [1.82, 2.24) is 9.55 Å². The Morgan fingerprint density at radius 1 is 1.30 bits per heavy atom. The van der Waals surface area contributed by atoms with Gasteiger partial charge >= 0.3 is 0 Å². The predicted octanol–water partition coefficient (Wildman–Crippen LogP) is 1.14. The lowest BCUT2D eigenvalue weighted by molar-refractivity contribution is 0.708. The van der Waals surface area contributed by atoms with Gasteiger partial charge in [0.2, 0.25) is 0 Å². The summed E-state index contributed by atoms with van der Waals surface area (Å²) in [6.45, 7) is 1.98. The SMILES string of the molecule is Cn1ccnc(N(CCCN)Cc2ccccc2)c1=O. The van der Waals surface area contributed by atoms with Gasteiger partial charge in [-0.25, -0.2) is 4.98 Å². The maximum absolute atomic E-state index is 12.2. The van der Waals surface area contributed by atoms with E-state index in [2.05, 4.69) is 4.98 Å². The lowest BCUT2D eigenvalue weighted by Crippen LogP contribution is -2.33. The maximum Gasteiger partial charge on any atom is 0.293 e. The molecular weight excluding hydrogens is 252 g/mol. The van der Waals surface area contributed by atoms with Crippen LogP contribution in [0.3, 0.4) is 0 Å². The first-order chi connectivity index (χ1) is 9.72. The lowest BCUT2D eigenvalue weighted by atomic mass is 10.2. The van der Waals surface area contributed by atoms with Crippen LogP contribution in [0.2, 0.25) is 0 Å². The maximum atomic E-state index is 12.2. The Balaban J connectivity index is 2.27. The molecule has 1 aromatic carbocycles. The molecule has 0 saturated carbocycles. The molecule has 0 aliphatic rings. The van der Waals surface area contributed by atoms with Crippen molar-refractivity contribution in [2.75, 3.05) is 18.0 Å². The molecule has 5 nitrogen and oxygen atoms in total. The van der Waals surface area contributed by atoms with Gasteiger partial charge in [-0.15, -0.1) is 0 Å². The molecule has 0 fully saturated rings. The van der Waals surface area contributed by atoms with Crippen molar-refractivity contribution in [2.24, 2.45) is 12.8 Å². The van der Waals surface area contributed by atoms with Crippen molar-refractivity contribution in [3.8, 4) is 0 Å². The minimum absolute atomic E-state index is 0.0829. The van der Waals surface area contributed by atoms with Crippen LogP contribution in [0, 0.1) is 0 Å². The predicted molar refractivity (Wildman–Crippen MR) is 80.6 cm³/mol. The Labute approximate surface area is 118 Å². The number of benzene rings is 1. The monoisotopic (exact) mass is 272 g/mol. The third-order valence-electron chi connectivity index (χ3n) is 3.15. The fourth-order valence-corrected chi connectivity index (χ4v) is 2.05. The number of nitrogens with zero attached hydrogens (tertiary/aromatic N) is 3. The molecule has 0 atom stereocenters. The lowest BCUT2D eigenvalue weighted by Gasteiger charge is -2.23. The first-order valence-corrected chi connectivity index (χ1v) is 6.73. The summed E-state index contributed by atoms with van der Waals surface area (Å²) in [7, 11) is 1.73. The largest absolute Gasteiger partial charge is 0.348 e. The van der Waals surface area contributed by atoms with E-state index in [1.165, 1.54) is 0 Å². The molecule has 0 aliphatic carbocycles. The highest BCUT2D eigenvalue weighted by Crippen LogP contribution is 2.10. The Bertz CT molecular complexity index is 594. The third-order valence-corrected chi connectivity index (χ3v) is 3.15. The van der Waals surface area contributed by atoms with Crippen LogP contribution >= 0.6 is 0 Å². The van der Waals surface area contributed by atoms with E-state index in [1.807, 2.05) is 35.2 Å². The topological polar surface area (TPSA) is 64.2 Å². The van der Waals surface area contributed by atoms with Crippen molar-refractivity contribution in [1.29, 1.82) is 0 Å². The van der Waals surface area contributed by atoms with Gasteiger partial charge in [0.05, 0.1) is 0 Å². The first kappa shape index (κ1) is 14.3. The molecule has 0 unspecified atom stereocenters. The summed E-state index contributed by atoms with van der Waals surface area (Å²) < 4.78 is 1.54. The van der Waals surface area contributed by atoms with Crippen LogP contribution in [0.4, 0.5) is 5.82 Å². The molecule has 2 N–H and O–H groups in total. The molecule has 0 amide bonds. The van der Waals surface area contributed by atoms with Crippen LogP contribution in [0.15, 0.2) is 47.5 Å². The Morgan fingerprint density at radius 2 is 2.05 bits per heavy atom. The van der Waals surface area contributed by atoms with Crippen molar-refractivity contribution in [3.63, 3.8) is 0 Å². The van der Waals surface area contributed by atoms with Crippen LogP contribution in [0.5, 0.6) is 0 Å². The van der Waals surface area contributed by atoms with Crippen LogP contribution in [-0.4, -0.2) is 22.6 Å². The zero-order valence-corrected chi connectivity index (χ0v) is 11.7. The summed E-state index contributed by atoms with van der Waals surface area (Å²) in [5.74, 6) is 0.479. The fourth-order valence-electron chi connectivity index (χ4n) is 2.05. The minimum Gasteiger partial charge on any atom is -0.348 e. The quantitative estimate of drug-likeness (QED) is 0.856. The normalized spacial score (nSPS) is 10.5. The molecule has 5 heteroatoms. The molecule has 1 aromatic heterocycles. The van der Waals surface area contributed by atoms with Gasteiger partial charge in [0, 0.05) is 32.5 Å². The summed E-state index contributed by atoms with van der Waals surface area (Å²) in [5.41, 5.74) is 6.65. The van der Waals surface area contributed by atoms with Gasteiger partial charge in [0.25, 0.3) is 5.56 Å². The molecule has 106 valence electrons. The second-order valence-electron chi connectivity index (χ2n) is 4.72. The second-order valence-corrected chi connectivity index (χ2v) is 4.72. The summed E-state index contributed by atoms with van der Waals surface area (Å²) in [5, 5.41) is 0. The Hall–Kier alpha value is -2.14. The second kappa shape index (κ2) is 6.86. The standard InChI is InChI=1S/C15H20N4O/c1-18-11-9-17-14(15(18)20)19(10-5-8-16)12-13-6-3-2-4-7-13/h2-4,6-7,9,11H,5,8,10,12,16H2,1H3. The van der Waals surface area contributed by atoms with Crippen molar-refractivity contribution in [3.05, 3.63) is 58.6 Å². The average molecular weight is 272 g/mol. The van der Waals surface area contributed by atoms with E-state index in [0.29, 0.717) is 18.9 Å². The van der Waals surface area contributed by atoms with E-state index in [1.54, 1.807) is 24.0 Å². The highest BCUT2D eigenvalue weighted by atomic mass is 16.1. The average Bonchev–Trinajstić information content (AvgIpc) is 2.48. The van der Waals surface area contributed by atoms with E-state index in [9.17, 15) is 4.79 Å². The van der Waals surface area contributed by atoms with Gasteiger partial charge < -0.3 is 15.2 Å². The smallest absolute Gasteiger partial charge is 0.293 e. The number of nitrogens with two attached hydrogens (primary N) is 1. The van der Waals surface area contributed by atoms with Gasteiger partial charge in [-0.1, -0.05) is 30.3 Å². The first-order valence-electron chi connectivity index (χ1n) is 6.73. The third kappa shape index (κ3) is 3.45. The number of aryl methyl sites for hydroxylation is 1. The van der Waals surface area contributed by atoms with Gasteiger partial charge in [-0.2, -0.15) is 0 Å². The van der Waals surface area contributed by atoms with Gasteiger partial charge in [0.1, 0.15) is 0 Å². The fraction of sp³-hybridized carbons (Fsp3) is 0.333. The number of rotatable bonds is 6. The molecule has 0 saturated heterocycles. The zero-order valence-electron chi connectivity index (χ0n) is 11.7. The molecule has 1 heterocycles. The Morgan fingerprint density at radius 3 is 2.75 bits per heavy atom. The molecule has 0 aliphatic heterocycles. The number of anilines is 1. The van der Waals surface area contributed by atoms with Crippen LogP contribution < -0.4 is 16.2 Å². The highest BCUT2D eigenvalue weighted by molar-refractivity contribution is 5.37.